The molecule has 2 aromatic rings. The van der Waals surface area contributed by atoms with Gasteiger partial charge in [-0.15, -0.1) is 0 Å². The van der Waals surface area contributed by atoms with E-state index in [-0.39, 0.29) is 5.91 Å². The standard InChI is InChI=1S/C23H34N4O3S/c1-4-6-7-8-9-10-11-14-30-19-13-12-17(15-20(19)29-3)16-25-27-22(28)21-18(5-2)26-23(24)31-21/h12-13,15-16H,4-11,14H2,1-3H3,(H2,24,26)(H,27,28)/b25-16-. The predicted octanol–water partition coefficient (Wildman–Crippen LogP) is 5.19. The minimum absolute atomic E-state index is 0.316. The van der Waals surface area contributed by atoms with E-state index in [0.29, 0.717) is 40.2 Å². The molecule has 1 amide bonds. The van der Waals surface area contributed by atoms with Gasteiger partial charge in [-0.25, -0.2) is 10.4 Å². The SMILES string of the molecule is CCCCCCCCCOc1ccc(/C=N\NC(=O)c2sc(N)nc2CC)cc1OC. The number of benzene rings is 1. The lowest BCUT2D eigenvalue weighted by molar-refractivity contribution is 0.0958. The molecule has 0 saturated carbocycles. The highest BCUT2D eigenvalue weighted by Gasteiger charge is 2.15. The molecule has 7 nitrogen and oxygen atoms in total. The second kappa shape index (κ2) is 13.6. The first-order valence-corrected chi connectivity index (χ1v) is 11.8. The highest BCUT2D eigenvalue weighted by molar-refractivity contribution is 7.17. The zero-order valence-electron chi connectivity index (χ0n) is 18.8. The normalized spacial score (nSPS) is 11.1. The number of hydrogen-bond acceptors (Lipinski definition) is 7. The van der Waals surface area contributed by atoms with Gasteiger partial charge in [-0.3, -0.25) is 4.79 Å². The Bertz CT molecular complexity index is 851. The van der Waals surface area contributed by atoms with Crippen LogP contribution in [-0.4, -0.2) is 30.8 Å². The highest BCUT2D eigenvalue weighted by Crippen LogP contribution is 2.28. The van der Waals surface area contributed by atoms with Crippen LogP contribution in [-0.2, 0) is 6.42 Å². The number of amides is 1. The van der Waals surface area contributed by atoms with Gasteiger partial charge in [-0.1, -0.05) is 63.7 Å². The average molecular weight is 447 g/mol. The van der Waals surface area contributed by atoms with Crippen molar-refractivity contribution < 1.29 is 14.3 Å². The maximum Gasteiger partial charge on any atom is 0.283 e. The first-order chi connectivity index (χ1) is 15.1. The molecule has 0 aliphatic carbocycles. The van der Waals surface area contributed by atoms with Crippen LogP contribution in [0.15, 0.2) is 23.3 Å². The largest absolute Gasteiger partial charge is 0.493 e. The Morgan fingerprint density at radius 3 is 2.61 bits per heavy atom. The molecule has 0 aliphatic rings. The smallest absolute Gasteiger partial charge is 0.283 e. The lowest BCUT2D eigenvalue weighted by atomic mass is 10.1. The Hall–Kier alpha value is -2.61. The topological polar surface area (TPSA) is 98.8 Å². The van der Waals surface area contributed by atoms with Crippen molar-refractivity contribution in [3.63, 3.8) is 0 Å². The van der Waals surface area contributed by atoms with Gasteiger partial charge in [0.05, 0.1) is 25.6 Å². The predicted molar refractivity (Wildman–Crippen MR) is 127 cm³/mol. The number of nitrogens with two attached hydrogens (primary N) is 1. The van der Waals surface area contributed by atoms with Crippen LogP contribution >= 0.6 is 11.3 Å². The number of unbranched alkanes of at least 4 members (excludes halogenated alkanes) is 6. The van der Waals surface area contributed by atoms with E-state index in [9.17, 15) is 4.79 Å². The van der Waals surface area contributed by atoms with Crippen molar-refractivity contribution in [2.45, 2.75) is 65.2 Å². The van der Waals surface area contributed by atoms with Crippen LogP contribution in [0.4, 0.5) is 5.13 Å². The summed E-state index contributed by atoms with van der Waals surface area (Å²) >= 11 is 1.16. The van der Waals surface area contributed by atoms with Crippen LogP contribution in [0.25, 0.3) is 0 Å². The summed E-state index contributed by atoms with van der Waals surface area (Å²) in [6.07, 6.45) is 10.9. The third-order valence-electron chi connectivity index (χ3n) is 4.83. The molecular weight excluding hydrogens is 412 g/mol. The number of thiazole rings is 1. The van der Waals surface area contributed by atoms with Crippen molar-refractivity contribution in [1.29, 1.82) is 0 Å². The number of ether oxygens (including phenoxy) is 2. The molecule has 0 saturated heterocycles. The van der Waals surface area contributed by atoms with E-state index in [4.69, 9.17) is 15.2 Å². The number of hydrazone groups is 1. The van der Waals surface area contributed by atoms with E-state index in [1.807, 2.05) is 25.1 Å². The zero-order valence-corrected chi connectivity index (χ0v) is 19.6. The number of nitrogen functional groups attached to an aromatic ring is 1. The van der Waals surface area contributed by atoms with E-state index < -0.39 is 0 Å². The third-order valence-corrected chi connectivity index (χ3v) is 5.75. The summed E-state index contributed by atoms with van der Waals surface area (Å²) in [6.45, 7) is 4.83. The van der Waals surface area contributed by atoms with Gasteiger partial charge < -0.3 is 15.2 Å². The van der Waals surface area contributed by atoms with Crippen LogP contribution in [0.5, 0.6) is 11.5 Å². The first kappa shape index (κ1) is 24.7. The maximum atomic E-state index is 12.3. The Morgan fingerprint density at radius 1 is 1.16 bits per heavy atom. The molecule has 0 unspecified atom stereocenters. The van der Waals surface area contributed by atoms with E-state index in [2.05, 4.69) is 22.4 Å². The van der Waals surface area contributed by atoms with Crippen LogP contribution in [0, 0.1) is 0 Å². The molecular formula is C23H34N4O3S. The Balaban J connectivity index is 1.83. The number of carbonyl (C=O) groups is 1. The summed E-state index contributed by atoms with van der Waals surface area (Å²) < 4.78 is 11.3. The summed E-state index contributed by atoms with van der Waals surface area (Å²) in [5.41, 5.74) is 9.70. The Labute approximate surface area is 189 Å². The van der Waals surface area contributed by atoms with Gasteiger partial charge >= 0.3 is 0 Å². The summed E-state index contributed by atoms with van der Waals surface area (Å²) in [6, 6.07) is 5.57. The van der Waals surface area contributed by atoms with E-state index in [0.717, 1.165) is 23.3 Å². The first-order valence-electron chi connectivity index (χ1n) is 11.0. The minimum Gasteiger partial charge on any atom is -0.493 e. The second-order valence-electron chi connectivity index (χ2n) is 7.26. The molecule has 0 aliphatic heterocycles. The van der Waals surface area contributed by atoms with Crippen molar-refractivity contribution in [3.8, 4) is 11.5 Å². The fraction of sp³-hybridized carbons (Fsp3) is 0.522. The van der Waals surface area contributed by atoms with Crippen molar-refractivity contribution in [3.05, 3.63) is 34.3 Å². The number of aryl methyl sites for hydroxylation is 1. The number of nitrogens with zero attached hydrogens (tertiary/aromatic N) is 2. The molecule has 31 heavy (non-hydrogen) atoms. The number of anilines is 1. The zero-order chi connectivity index (χ0) is 22.5. The third kappa shape index (κ3) is 8.20. The molecule has 1 aromatic heterocycles. The van der Waals surface area contributed by atoms with Gasteiger partial charge in [-0.2, -0.15) is 5.10 Å². The van der Waals surface area contributed by atoms with E-state index in [1.54, 1.807) is 13.3 Å². The summed E-state index contributed by atoms with van der Waals surface area (Å²) in [5.74, 6) is 1.04. The minimum atomic E-state index is -0.316. The van der Waals surface area contributed by atoms with Crippen molar-refractivity contribution in [2.24, 2.45) is 5.10 Å². The summed E-state index contributed by atoms with van der Waals surface area (Å²) in [7, 11) is 1.61. The second-order valence-corrected chi connectivity index (χ2v) is 8.29. The number of hydrogen-bond donors (Lipinski definition) is 2. The molecule has 0 spiro atoms. The lowest BCUT2D eigenvalue weighted by Gasteiger charge is -2.11. The Morgan fingerprint density at radius 2 is 1.90 bits per heavy atom. The van der Waals surface area contributed by atoms with Crippen molar-refractivity contribution in [1.82, 2.24) is 10.4 Å². The molecule has 0 bridgehead atoms. The fourth-order valence-corrected chi connectivity index (χ4v) is 3.94. The number of carbonyl (C=O) groups excluding carboxylic acids is 1. The molecule has 3 N–H and O–H groups in total. The maximum absolute atomic E-state index is 12.3. The van der Waals surface area contributed by atoms with Crippen LogP contribution in [0.3, 0.4) is 0 Å². The van der Waals surface area contributed by atoms with Crippen molar-refractivity contribution >= 4 is 28.6 Å². The van der Waals surface area contributed by atoms with Crippen LogP contribution in [0.1, 0.15) is 79.7 Å². The van der Waals surface area contributed by atoms with Crippen LogP contribution < -0.4 is 20.6 Å². The summed E-state index contributed by atoms with van der Waals surface area (Å²) in [5, 5.41) is 4.42. The number of rotatable bonds is 14. The molecule has 8 heteroatoms. The number of methoxy groups -OCH3 is 1. The summed E-state index contributed by atoms with van der Waals surface area (Å²) in [4.78, 5) is 16.9. The molecule has 1 aromatic carbocycles. The monoisotopic (exact) mass is 446 g/mol. The number of nitrogens with one attached hydrogen (secondary N) is 1. The van der Waals surface area contributed by atoms with Gasteiger partial charge in [0.25, 0.3) is 5.91 Å². The molecule has 2 rings (SSSR count). The molecule has 1 heterocycles. The van der Waals surface area contributed by atoms with Gasteiger partial charge in [-0.05, 0) is 36.6 Å². The molecule has 0 radical (unpaired) electrons. The van der Waals surface area contributed by atoms with Gasteiger partial charge in [0, 0.05) is 0 Å². The van der Waals surface area contributed by atoms with Crippen LogP contribution in [0.2, 0.25) is 0 Å². The van der Waals surface area contributed by atoms with E-state index >= 15 is 0 Å². The van der Waals surface area contributed by atoms with Gasteiger partial charge in [0.1, 0.15) is 4.88 Å². The quantitative estimate of drug-likeness (QED) is 0.236. The Kier molecular flexibility index (Phi) is 10.9. The van der Waals surface area contributed by atoms with Gasteiger partial charge in [0.15, 0.2) is 16.6 Å². The molecule has 170 valence electrons. The highest BCUT2D eigenvalue weighted by atomic mass is 32.1. The lowest BCUT2D eigenvalue weighted by Crippen LogP contribution is -2.17. The average Bonchev–Trinajstić information content (AvgIpc) is 3.17. The number of aromatic nitrogens is 1. The van der Waals surface area contributed by atoms with E-state index in [1.165, 1.54) is 38.5 Å². The fourth-order valence-electron chi connectivity index (χ4n) is 3.13. The molecule has 0 fully saturated rings. The van der Waals surface area contributed by atoms with Crippen molar-refractivity contribution in [2.75, 3.05) is 19.5 Å². The van der Waals surface area contributed by atoms with Gasteiger partial charge in [0.2, 0.25) is 0 Å². The molecule has 0 atom stereocenters.